The van der Waals surface area contributed by atoms with Gasteiger partial charge in [0.1, 0.15) is 0 Å². The molecule has 2 aromatic rings. The smallest absolute Gasteiger partial charge is 0.238 e. The maximum Gasteiger partial charge on any atom is 0.238 e. The van der Waals surface area contributed by atoms with Crippen LogP contribution >= 0.6 is 11.8 Å². The zero-order valence-electron chi connectivity index (χ0n) is 13.8. The van der Waals surface area contributed by atoms with Crippen molar-refractivity contribution in [3.8, 4) is 0 Å². The maximum absolute atomic E-state index is 11.5. The lowest BCUT2D eigenvalue weighted by Crippen LogP contribution is -2.21. The third kappa shape index (κ3) is 3.93. The molecule has 1 aliphatic heterocycles. The van der Waals surface area contributed by atoms with Gasteiger partial charge in [0, 0.05) is 18.9 Å². The molecule has 0 aliphatic carbocycles. The Morgan fingerprint density at radius 3 is 2.92 bits per heavy atom. The van der Waals surface area contributed by atoms with Crippen molar-refractivity contribution in [3.05, 3.63) is 18.2 Å². The highest BCUT2D eigenvalue weighted by Crippen LogP contribution is 2.28. The second-order valence-electron chi connectivity index (χ2n) is 6.04. The molecule has 0 bridgehead atoms. The lowest BCUT2D eigenvalue weighted by molar-refractivity contribution is 0.0315. The van der Waals surface area contributed by atoms with Gasteiger partial charge in [-0.15, -0.1) is 0 Å². The SMILES string of the molecule is CCCn1c(SCC2CCCCO2)nc2cc(S(N)(=O)=O)ccc21. The predicted molar refractivity (Wildman–Crippen MR) is 95.7 cm³/mol. The van der Waals surface area contributed by atoms with Gasteiger partial charge in [0.25, 0.3) is 0 Å². The molecule has 2 N–H and O–H groups in total. The van der Waals surface area contributed by atoms with Crippen molar-refractivity contribution in [1.82, 2.24) is 9.55 Å². The number of benzene rings is 1. The Bertz CT molecular complexity index is 811. The van der Waals surface area contributed by atoms with Gasteiger partial charge in [0.2, 0.25) is 10.0 Å². The number of imidazole rings is 1. The standard InChI is InChI=1S/C16H23N3O3S2/c1-2-8-19-15-7-6-13(24(17,20)21)10-14(15)18-16(19)23-11-12-5-3-4-9-22-12/h6-7,10,12H,2-5,8-9,11H2,1H3,(H2,17,20,21). The minimum atomic E-state index is -3.72. The first kappa shape index (κ1) is 17.7. The average Bonchev–Trinajstić information content (AvgIpc) is 2.91. The van der Waals surface area contributed by atoms with Crippen molar-refractivity contribution < 1.29 is 13.2 Å². The molecule has 0 radical (unpaired) electrons. The number of fused-ring (bicyclic) bond motifs is 1. The first-order valence-electron chi connectivity index (χ1n) is 8.26. The number of sulfonamides is 1. The molecule has 0 spiro atoms. The van der Waals surface area contributed by atoms with E-state index in [0.717, 1.165) is 48.8 Å². The van der Waals surface area contributed by atoms with Crippen LogP contribution in [-0.4, -0.2) is 36.4 Å². The van der Waals surface area contributed by atoms with Gasteiger partial charge in [-0.1, -0.05) is 18.7 Å². The van der Waals surface area contributed by atoms with E-state index in [4.69, 9.17) is 9.88 Å². The van der Waals surface area contributed by atoms with Crippen LogP contribution in [0.3, 0.4) is 0 Å². The highest BCUT2D eigenvalue weighted by atomic mass is 32.2. The predicted octanol–water partition coefficient (Wildman–Crippen LogP) is 2.75. The fourth-order valence-electron chi connectivity index (χ4n) is 2.92. The minimum Gasteiger partial charge on any atom is -0.377 e. The normalized spacial score (nSPS) is 19.0. The van der Waals surface area contributed by atoms with Crippen LogP contribution < -0.4 is 5.14 Å². The molecule has 1 atom stereocenters. The summed E-state index contributed by atoms with van der Waals surface area (Å²) in [6, 6.07) is 4.89. The van der Waals surface area contributed by atoms with Crippen LogP contribution in [-0.2, 0) is 21.3 Å². The van der Waals surface area contributed by atoms with Crippen molar-refractivity contribution in [1.29, 1.82) is 0 Å². The van der Waals surface area contributed by atoms with E-state index in [9.17, 15) is 8.42 Å². The van der Waals surface area contributed by atoms with Gasteiger partial charge in [-0.3, -0.25) is 0 Å². The van der Waals surface area contributed by atoms with Gasteiger partial charge in [0.05, 0.1) is 22.0 Å². The van der Waals surface area contributed by atoms with Crippen molar-refractivity contribution in [3.63, 3.8) is 0 Å². The first-order chi connectivity index (χ1) is 11.5. The van der Waals surface area contributed by atoms with Crippen molar-refractivity contribution >= 4 is 32.8 Å². The Morgan fingerprint density at radius 1 is 1.42 bits per heavy atom. The van der Waals surface area contributed by atoms with E-state index < -0.39 is 10.0 Å². The fourth-order valence-corrected chi connectivity index (χ4v) is 4.56. The number of ether oxygens (including phenoxy) is 1. The molecule has 2 heterocycles. The molecular weight excluding hydrogens is 346 g/mol. The molecule has 1 aromatic heterocycles. The molecule has 1 fully saturated rings. The topological polar surface area (TPSA) is 87.2 Å². The lowest BCUT2D eigenvalue weighted by Gasteiger charge is -2.22. The van der Waals surface area contributed by atoms with E-state index in [-0.39, 0.29) is 11.0 Å². The molecule has 3 rings (SSSR count). The maximum atomic E-state index is 11.5. The first-order valence-corrected chi connectivity index (χ1v) is 10.8. The molecule has 132 valence electrons. The summed E-state index contributed by atoms with van der Waals surface area (Å²) < 4.78 is 31.0. The van der Waals surface area contributed by atoms with Crippen LogP contribution in [0.1, 0.15) is 32.6 Å². The molecule has 1 saturated heterocycles. The highest BCUT2D eigenvalue weighted by Gasteiger charge is 2.18. The van der Waals surface area contributed by atoms with Crippen LogP contribution in [0.2, 0.25) is 0 Å². The number of nitrogens with two attached hydrogens (primary N) is 1. The number of thioether (sulfide) groups is 1. The molecule has 8 heteroatoms. The second kappa shape index (κ2) is 7.43. The van der Waals surface area contributed by atoms with Gasteiger partial charge in [-0.25, -0.2) is 18.5 Å². The fraction of sp³-hybridized carbons (Fsp3) is 0.562. The number of primary sulfonamides is 1. The third-order valence-corrected chi connectivity index (χ3v) is 6.15. The van der Waals surface area contributed by atoms with Crippen molar-refractivity contribution in [2.24, 2.45) is 5.14 Å². The highest BCUT2D eigenvalue weighted by molar-refractivity contribution is 7.99. The summed E-state index contributed by atoms with van der Waals surface area (Å²) in [5.41, 5.74) is 1.61. The zero-order valence-corrected chi connectivity index (χ0v) is 15.4. The van der Waals surface area contributed by atoms with Gasteiger partial charge >= 0.3 is 0 Å². The lowest BCUT2D eigenvalue weighted by atomic mass is 10.1. The molecule has 0 amide bonds. The van der Waals surface area contributed by atoms with E-state index >= 15 is 0 Å². The number of hydrogen-bond donors (Lipinski definition) is 1. The number of aromatic nitrogens is 2. The van der Waals surface area contributed by atoms with Crippen LogP contribution in [0.25, 0.3) is 11.0 Å². The molecule has 1 aliphatic rings. The Balaban J connectivity index is 1.88. The van der Waals surface area contributed by atoms with Crippen LogP contribution in [0, 0.1) is 0 Å². The Morgan fingerprint density at radius 2 is 2.25 bits per heavy atom. The van der Waals surface area contributed by atoms with Crippen LogP contribution in [0.4, 0.5) is 0 Å². The van der Waals surface area contributed by atoms with Gasteiger partial charge in [-0.2, -0.15) is 0 Å². The van der Waals surface area contributed by atoms with E-state index in [1.165, 1.54) is 6.42 Å². The van der Waals surface area contributed by atoms with E-state index in [1.54, 1.807) is 30.0 Å². The summed E-state index contributed by atoms with van der Waals surface area (Å²) in [5.74, 6) is 0.870. The number of nitrogens with zero attached hydrogens (tertiary/aromatic N) is 2. The second-order valence-corrected chi connectivity index (χ2v) is 8.59. The zero-order chi connectivity index (χ0) is 17.2. The summed E-state index contributed by atoms with van der Waals surface area (Å²) in [6.07, 6.45) is 4.71. The van der Waals surface area contributed by atoms with Crippen LogP contribution in [0.15, 0.2) is 28.3 Å². The molecular formula is C16H23N3O3S2. The molecule has 1 aromatic carbocycles. The van der Waals surface area contributed by atoms with E-state index in [1.807, 2.05) is 0 Å². The number of hydrogen-bond acceptors (Lipinski definition) is 5. The quantitative estimate of drug-likeness (QED) is 0.791. The molecule has 24 heavy (non-hydrogen) atoms. The Kier molecular flexibility index (Phi) is 5.49. The molecule has 1 unspecified atom stereocenters. The average molecular weight is 370 g/mol. The third-order valence-electron chi connectivity index (χ3n) is 4.13. The van der Waals surface area contributed by atoms with Crippen molar-refractivity contribution in [2.45, 2.75) is 55.3 Å². The Labute approximate surface area is 146 Å². The molecule has 6 nitrogen and oxygen atoms in total. The van der Waals surface area contributed by atoms with Crippen molar-refractivity contribution in [2.75, 3.05) is 12.4 Å². The summed E-state index contributed by atoms with van der Waals surface area (Å²) in [6.45, 7) is 3.80. The summed E-state index contributed by atoms with van der Waals surface area (Å²) in [4.78, 5) is 4.74. The van der Waals surface area contributed by atoms with Gasteiger partial charge < -0.3 is 9.30 Å². The van der Waals surface area contributed by atoms with Gasteiger partial charge in [-0.05, 0) is 43.9 Å². The summed E-state index contributed by atoms with van der Waals surface area (Å²) >= 11 is 1.68. The number of rotatable bonds is 6. The van der Waals surface area contributed by atoms with E-state index in [2.05, 4.69) is 16.5 Å². The number of aryl methyl sites for hydroxylation is 1. The summed E-state index contributed by atoms with van der Waals surface area (Å²) in [7, 11) is -3.72. The molecule has 0 saturated carbocycles. The minimum absolute atomic E-state index is 0.100. The monoisotopic (exact) mass is 369 g/mol. The summed E-state index contributed by atoms with van der Waals surface area (Å²) in [5, 5.41) is 6.13. The van der Waals surface area contributed by atoms with Gasteiger partial charge in [0.15, 0.2) is 5.16 Å². The van der Waals surface area contributed by atoms with Crippen LogP contribution in [0.5, 0.6) is 0 Å². The van der Waals surface area contributed by atoms with E-state index in [0.29, 0.717) is 5.52 Å². The Hall–Kier alpha value is -1.09. The largest absolute Gasteiger partial charge is 0.377 e.